The van der Waals surface area contributed by atoms with E-state index in [9.17, 15) is 4.79 Å². The Balaban J connectivity index is 1.46. The molecule has 1 heterocycles. The smallest absolute Gasteiger partial charge is 0.310 e. The summed E-state index contributed by atoms with van der Waals surface area (Å²) in [7, 11) is 0. The largest absolute Gasteiger partial charge is 0.461 e. The Labute approximate surface area is 131 Å². The highest BCUT2D eigenvalue weighted by molar-refractivity contribution is 5.73. The van der Waals surface area contributed by atoms with Crippen molar-refractivity contribution >= 4 is 5.97 Å². The van der Waals surface area contributed by atoms with Gasteiger partial charge in [-0.05, 0) is 24.1 Å². The first-order chi connectivity index (χ1) is 10.8. The summed E-state index contributed by atoms with van der Waals surface area (Å²) in [5.74, 6) is -0.0631. The average Bonchev–Trinajstić information content (AvgIpc) is 3.03. The Morgan fingerprint density at radius 3 is 2.32 bits per heavy atom. The van der Waals surface area contributed by atoms with Gasteiger partial charge in [-0.15, -0.1) is 0 Å². The fraction of sp³-hybridized carbons (Fsp3) is 0.316. The monoisotopic (exact) mass is 295 g/mol. The number of esters is 1. The fourth-order valence-electron chi connectivity index (χ4n) is 2.86. The Morgan fingerprint density at radius 1 is 1.00 bits per heavy atom. The molecule has 0 bridgehead atoms. The van der Waals surface area contributed by atoms with Gasteiger partial charge in [0, 0.05) is 13.1 Å². The van der Waals surface area contributed by atoms with Gasteiger partial charge in [0.2, 0.25) is 0 Å². The third-order valence-corrected chi connectivity index (χ3v) is 4.08. The molecule has 0 aliphatic carbocycles. The number of carbonyl (C=O) groups excluding carboxylic acids is 1. The van der Waals surface area contributed by atoms with Crippen molar-refractivity contribution in [3.63, 3.8) is 0 Å². The predicted octanol–water partition coefficient (Wildman–Crippen LogP) is 3.25. The Kier molecular flexibility index (Phi) is 4.86. The van der Waals surface area contributed by atoms with E-state index in [2.05, 4.69) is 29.2 Å². The molecule has 2 aromatic carbocycles. The minimum Gasteiger partial charge on any atom is -0.461 e. The van der Waals surface area contributed by atoms with Gasteiger partial charge in [0.05, 0.1) is 5.92 Å². The lowest BCUT2D eigenvalue weighted by molar-refractivity contribution is -0.149. The summed E-state index contributed by atoms with van der Waals surface area (Å²) in [6, 6.07) is 20.2. The second kappa shape index (κ2) is 7.23. The van der Waals surface area contributed by atoms with Crippen molar-refractivity contribution in [2.75, 3.05) is 13.1 Å². The molecule has 1 aliphatic heterocycles. The van der Waals surface area contributed by atoms with Crippen molar-refractivity contribution in [1.29, 1.82) is 0 Å². The van der Waals surface area contributed by atoms with Crippen molar-refractivity contribution in [2.24, 2.45) is 5.92 Å². The van der Waals surface area contributed by atoms with Crippen LogP contribution < -0.4 is 0 Å². The van der Waals surface area contributed by atoms with Gasteiger partial charge in [0.1, 0.15) is 6.61 Å². The topological polar surface area (TPSA) is 29.5 Å². The second-order valence-electron chi connectivity index (χ2n) is 5.80. The van der Waals surface area contributed by atoms with Crippen LogP contribution in [-0.2, 0) is 22.7 Å². The molecule has 3 nitrogen and oxygen atoms in total. The van der Waals surface area contributed by atoms with E-state index in [0.717, 1.165) is 31.6 Å². The van der Waals surface area contributed by atoms with Gasteiger partial charge in [-0.1, -0.05) is 60.7 Å². The first-order valence-electron chi connectivity index (χ1n) is 7.78. The standard InChI is InChI=1S/C19H21NO2/c21-19(22-15-17-9-5-2-6-10-17)18-11-12-20(14-18)13-16-7-3-1-4-8-16/h1-10,18H,11-15H2/t18-/m1/s1. The molecule has 0 spiro atoms. The number of hydrogen-bond donors (Lipinski definition) is 0. The quantitative estimate of drug-likeness (QED) is 0.793. The summed E-state index contributed by atoms with van der Waals surface area (Å²) in [6.45, 7) is 3.03. The summed E-state index contributed by atoms with van der Waals surface area (Å²) in [5, 5.41) is 0. The van der Waals surface area contributed by atoms with Crippen LogP contribution in [0, 0.1) is 5.92 Å². The Morgan fingerprint density at radius 2 is 1.64 bits per heavy atom. The van der Waals surface area contributed by atoms with E-state index < -0.39 is 0 Å². The molecule has 0 N–H and O–H groups in total. The van der Waals surface area contributed by atoms with Gasteiger partial charge in [-0.2, -0.15) is 0 Å². The number of carbonyl (C=O) groups is 1. The van der Waals surface area contributed by atoms with Gasteiger partial charge >= 0.3 is 5.97 Å². The first-order valence-corrected chi connectivity index (χ1v) is 7.78. The van der Waals surface area contributed by atoms with E-state index in [-0.39, 0.29) is 11.9 Å². The predicted molar refractivity (Wildman–Crippen MR) is 86.1 cm³/mol. The van der Waals surface area contributed by atoms with Crippen LogP contribution in [0.1, 0.15) is 17.5 Å². The third-order valence-electron chi connectivity index (χ3n) is 4.08. The van der Waals surface area contributed by atoms with E-state index in [4.69, 9.17) is 4.74 Å². The van der Waals surface area contributed by atoms with Crippen molar-refractivity contribution in [2.45, 2.75) is 19.6 Å². The molecule has 2 aromatic rings. The molecule has 3 rings (SSSR count). The minimum absolute atomic E-state index is 0.00687. The van der Waals surface area contributed by atoms with Crippen LogP contribution in [0.25, 0.3) is 0 Å². The molecule has 1 fully saturated rings. The van der Waals surface area contributed by atoms with Crippen LogP contribution >= 0.6 is 0 Å². The lowest BCUT2D eigenvalue weighted by atomic mass is 10.1. The maximum atomic E-state index is 12.2. The van der Waals surface area contributed by atoms with Crippen LogP contribution in [0.4, 0.5) is 0 Å². The molecule has 1 aliphatic rings. The Hall–Kier alpha value is -2.13. The van der Waals surface area contributed by atoms with Gasteiger partial charge in [-0.25, -0.2) is 0 Å². The third kappa shape index (κ3) is 3.95. The summed E-state index contributed by atoms with van der Waals surface area (Å²) < 4.78 is 5.44. The van der Waals surface area contributed by atoms with E-state index in [1.54, 1.807) is 0 Å². The molecule has 114 valence electrons. The van der Waals surface area contributed by atoms with E-state index in [1.165, 1.54) is 5.56 Å². The summed E-state index contributed by atoms with van der Waals surface area (Å²) in [4.78, 5) is 14.5. The van der Waals surface area contributed by atoms with Crippen molar-refractivity contribution < 1.29 is 9.53 Å². The van der Waals surface area contributed by atoms with Crippen LogP contribution in [0.5, 0.6) is 0 Å². The van der Waals surface area contributed by atoms with Crippen LogP contribution in [0.3, 0.4) is 0 Å². The molecule has 1 atom stereocenters. The molecule has 1 saturated heterocycles. The van der Waals surface area contributed by atoms with Gasteiger partial charge < -0.3 is 4.74 Å². The fourth-order valence-corrected chi connectivity index (χ4v) is 2.86. The first kappa shape index (κ1) is 14.8. The number of likely N-dealkylation sites (tertiary alicyclic amines) is 1. The van der Waals surface area contributed by atoms with Gasteiger partial charge in [-0.3, -0.25) is 9.69 Å². The number of hydrogen-bond acceptors (Lipinski definition) is 3. The Bertz CT molecular complexity index is 597. The minimum atomic E-state index is -0.0700. The van der Waals surface area contributed by atoms with Crippen molar-refractivity contribution in [3.8, 4) is 0 Å². The van der Waals surface area contributed by atoms with Gasteiger partial charge in [0.15, 0.2) is 0 Å². The zero-order chi connectivity index (χ0) is 15.2. The van der Waals surface area contributed by atoms with Crippen LogP contribution in [-0.4, -0.2) is 24.0 Å². The van der Waals surface area contributed by atoms with Crippen LogP contribution in [0.15, 0.2) is 60.7 Å². The maximum Gasteiger partial charge on any atom is 0.310 e. The summed E-state index contributed by atoms with van der Waals surface area (Å²) in [6.07, 6.45) is 0.889. The van der Waals surface area contributed by atoms with E-state index >= 15 is 0 Å². The van der Waals surface area contributed by atoms with E-state index in [0.29, 0.717) is 6.61 Å². The SMILES string of the molecule is O=C(OCc1ccccc1)[C@@H]1CCN(Cc2ccccc2)C1. The molecule has 0 amide bonds. The summed E-state index contributed by atoms with van der Waals surface area (Å²) >= 11 is 0. The molecular formula is C19H21NO2. The normalized spacial score (nSPS) is 18.3. The zero-order valence-electron chi connectivity index (χ0n) is 12.7. The number of nitrogens with zero attached hydrogens (tertiary/aromatic N) is 1. The molecule has 3 heteroatoms. The molecule has 0 saturated carbocycles. The highest BCUT2D eigenvalue weighted by atomic mass is 16.5. The second-order valence-corrected chi connectivity index (χ2v) is 5.80. The summed E-state index contributed by atoms with van der Waals surface area (Å²) in [5.41, 5.74) is 2.33. The number of rotatable bonds is 5. The molecule has 22 heavy (non-hydrogen) atoms. The highest BCUT2D eigenvalue weighted by Gasteiger charge is 2.29. The molecule has 0 unspecified atom stereocenters. The lowest BCUT2D eigenvalue weighted by Crippen LogP contribution is -2.24. The maximum absolute atomic E-state index is 12.2. The molecule has 0 radical (unpaired) electrons. The number of ether oxygens (including phenoxy) is 1. The van der Waals surface area contributed by atoms with Crippen molar-refractivity contribution in [3.05, 3.63) is 71.8 Å². The van der Waals surface area contributed by atoms with Crippen LogP contribution in [0.2, 0.25) is 0 Å². The molecule has 0 aromatic heterocycles. The lowest BCUT2D eigenvalue weighted by Gasteiger charge is -2.15. The zero-order valence-corrected chi connectivity index (χ0v) is 12.7. The van der Waals surface area contributed by atoms with Crippen molar-refractivity contribution in [1.82, 2.24) is 4.90 Å². The average molecular weight is 295 g/mol. The number of benzene rings is 2. The molecular weight excluding hydrogens is 274 g/mol. The highest BCUT2D eigenvalue weighted by Crippen LogP contribution is 2.20. The van der Waals surface area contributed by atoms with Gasteiger partial charge in [0.25, 0.3) is 0 Å². The van der Waals surface area contributed by atoms with E-state index in [1.807, 2.05) is 36.4 Å².